The molecule has 0 aromatic heterocycles. The molecule has 0 bridgehead atoms. The van der Waals surface area contributed by atoms with Crippen molar-refractivity contribution in [1.29, 1.82) is 0 Å². The quantitative estimate of drug-likeness (QED) is 0.347. The van der Waals surface area contributed by atoms with Crippen molar-refractivity contribution in [2.75, 3.05) is 11.9 Å². The zero-order valence-electron chi connectivity index (χ0n) is 13.5. The first-order valence-corrected chi connectivity index (χ1v) is 7.30. The minimum absolute atomic E-state index is 0. The molecule has 0 fully saturated rings. The van der Waals surface area contributed by atoms with Gasteiger partial charge in [-0.05, 0) is 42.3 Å². The normalized spacial score (nSPS) is 12.4. The summed E-state index contributed by atoms with van der Waals surface area (Å²) in [6, 6.07) is 13.4. The highest BCUT2D eigenvalue weighted by molar-refractivity contribution is 14.0. The number of nitrogens with one attached hydrogen (secondary N) is 1. The van der Waals surface area contributed by atoms with Crippen LogP contribution in [0.1, 0.15) is 17.2 Å². The molecule has 1 atom stereocenters. The summed E-state index contributed by atoms with van der Waals surface area (Å²) in [4.78, 5) is 4.06. The topological polar surface area (TPSA) is 79.9 Å². The standard InChI is InChI=1S/C17H19F2N3O2.HI/c1-11-4-2-6-13(8-11)22-17(20)21-10-15(23)12-5-3-7-14(9-12)24-16(18)19;/h2-9,15-16,23H,10H2,1H3,(H3,20,21,22);1H. The summed E-state index contributed by atoms with van der Waals surface area (Å²) in [5, 5.41) is 13.0. The second-order valence-corrected chi connectivity index (χ2v) is 5.19. The van der Waals surface area contributed by atoms with E-state index in [2.05, 4.69) is 15.0 Å². The molecule has 0 radical (unpaired) electrons. The van der Waals surface area contributed by atoms with E-state index < -0.39 is 12.7 Å². The third-order valence-electron chi connectivity index (χ3n) is 3.19. The molecule has 0 saturated carbocycles. The van der Waals surface area contributed by atoms with Crippen LogP contribution < -0.4 is 15.8 Å². The van der Waals surface area contributed by atoms with Crippen LogP contribution >= 0.6 is 24.0 Å². The van der Waals surface area contributed by atoms with Crippen molar-refractivity contribution in [3.05, 3.63) is 59.7 Å². The molecule has 4 N–H and O–H groups in total. The fourth-order valence-electron chi connectivity index (χ4n) is 2.10. The van der Waals surface area contributed by atoms with Crippen LogP contribution in [0.25, 0.3) is 0 Å². The first-order chi connectivity index (χ1) is 11.4. The number of hydrogen-bond donors (Lipinski definition) is 3. The van der Waals surface area contributed by atoms with Crippen LogP contribution in [-0.4, -0.2) is 24.2 Å². The summed E-state index contributed by atoms with van der Waals surface area (Å²) in [5.41, 5.74) is 8.06. The van der Waals surface area contributed by atoms with E-state index in [9.17, 15) is 13.9 Å². The maximum atomic E-state index is 12.2. The smallest absolute Gasteiger partial charge is 0.387 e. The van der Waals surface area contributed by atoms with Gasteiger partial charge in [0.15, 0.2) is 5.96 Å². The zero-order valence-corrected chi connectivity index (χ0v) is 15.9. The number of rotatable bonds is 6. The SMILES string of the molecule is Cc1cccc(NC(N)=NCC(O)c2cccc(OC(F)F)c2)c1.I. The number of aliphatic hydroxyl groups excluding tert-OH is 1. The number of aliphatic hydroxyl groups is 1. The van der Waals surface area contributed by atoms with Crippen molar-refractivity contribution >= 4 is 35.6 Å². The van der Waals surface area contributed by atoms with Crippen molar-refractivity contribution < 1.29 is 18.6 Å². The minimum atomic E-state index is -2.91. The van der Waals surface area contributed by atoms with Gasteiger partial charge in [-0.3, -0.25) is 4.99 Å². The lowest BCUT2D eigenvalue weighted by Crippen LogP contribution is -2.23. The van der Waals surface area contributed by atoms with Crippen LogP contribution in [0.3, 0.4) is 0 Å². The first kappa shape index (κ1) is 21.1. The average molecular weight is 463 g/mol. The Labute approximate surface area is 161 Å². The van der Waals surface area contributed by atoms with Crippen molar-refractivity contribution in [3.8, 4) is 5.75 Å². The molecule has 0 saturated heterocycles. The van der Waals surface area contributed by atoms with E-state index in [-0.39, 0.29) is 42.2 Å². The van der Waals surface area contributed by atoms with Gasteiger partial charge in [-0.1, -0.05) is 24.3 Å². The monoisotopic (exact) mass is 463 g/mol. The molecule has 0 amide bonds. The molecule has 2 rings (SSSR count). The fourth-order valence-corrected chi connectivity index (χ4v) is 2.10. The van der Waals surface area contributed by atoms with Gasteiger partial charge < -0.3 is 20.9 Å². The lowest BCUT2D eigenvalue weighted by molar-refractivity contribution is -0.0499. The predicted octanol–water partition coefficient (Wildman–Crippen LogP) is 3.67. The van der Waals surface area contributed by atoms with Gasteiger partial charge in [-0.15, -0.1) is 24.0 Å². The number of nitrogens with two attached hydrogens (primary N) is 1. The van der Waals surface area contributed by atoms with Gasteiger partial charge in [-0.2, -0.15) is 8.78 Å². The number of alkyl halides is 2. The average Bonchev–Trinajstić information content (AvgIpc) is 2.52. The van der Waals surface area contributed by atoms with E-state index in [0.29, 0.717) is 5.56 Å². The highest BCUT2D eigenvalue weighted by Crippen LogP contribution is 2.21. The van der Waals surface area contributed by atoms with Crippen LogP contribution in [0.4, 0.5) is 14.5 Å². The highest BCUT2D eigenvalue weighted by Gasteiger charge is 2.10. The van der Waals surface area contributed by atoms with Gasteiger partial charge in [0, 0.05) is 5.69 Å². The summed E-state index contributed by atoms with van der Waals surface area (Å²) >= 11 is 0. The number of aryl methyl sites for hydroxylation is 1. The lowest BCUT2D eigenvalue weighted by atomic mass is 10.1. The number of halogens is 3. The molecule has 0 aliphatic rings. The number of hydrogen-bond acceptors (Lipinski definition) is 3. The van der Waals surface area contributed by atoms with Gasteiger partial charge in [0.1, 0.15) is 5.75 Å². The largest absolute Gasteiger partial charge is 0.435 e. The molecule has 2 aromatic carbocycles. The Morgan fingerprint density at radius 3 is 2.64 bits per heavy atom. The van der Waals surface area contributed by atoms with Crippen LogP contribution in [0.15, 0.2) is 53.5 Å². The van der Waals surface area contributed by atoms with Gasteiger partial charge in [0.25, 0.3) is 0 Å². The molecule has 1 unspecified atom stereocenters. The first-order valence-electron chi connectivity index (χ1n) is 7.30. The Kier molecular flexibility index (Phi) is 8.56. The second kappa shape index (κ2) is 10.1. The summed E-state index contributed by atoms with van der Waals surface area (Å²) in [6.07, 6.45) is -0.982. The third-order valence-corrected chi connectivity index (χ3v) is 3.19. The molecular weight excluding hydrogens is 443 g/mol. The summed E-state index contributed by atoms with van der Waals surface area (Å²) in [6.45, 7) is -0.968. The van der Waals surface area contributed by atoms with Crippen molar-refractivity contribution in [3.63, 3.8) is 0 Å². The minimum Gasteiger partial charge on any atom is -0.435 e. The molecule has 136 valence electrons. The Hall–Kier alpha value is -1.94. The summed E-state index contributed by atoms with van der Waals surface area (Å²) < 4.78 is 28.7. The van der Waals surface area contributed by atoms with Gasteiger partial charge in [0.05, 0.1) is 12.6 Å². The maximum Gasteiger partial charge on any atom is 0.387 e. The zero-order chi connectivity index (χ0) is 17.5. The summed E-state index contributed by atoms with van der Waals surface area (Å²) in [7, 11) is 0. The number of guanidine groups is 1. The van der Waals surface area contributed by atoms with Crippen molar-refractivity contribution in [2.24, 2.45) is 10.7 Å². The molecule has 0 aliphatic carbocycles. The Morgan fingerprint density at radius 1 is 1.24 bits per heavy atom. The number of benzene rings is 2. The number of aliphatic imine (C=N–C) groups is 1. The van der Waals surface area contributed by atoms with E-state index in [1.54, 1.807) is 6.07 Å². The lowest BCUT2D eigenvalue weighted by Gasteiger charge is -2.12. The van der Waals surface area contributed by atoms with E-state index in [1.165, 1.54) is 18.2 Å². The number of nitrogens with zero attached hydrogens (tertiary/aromatic N) is 1. The predicted molar refractivity (Wildman–Crippen MR) is 105 cm³/mol. The van der Waals surface area contributed by atoms with Crippen LogP contribution in [-0.2, 0) is 0 Å². The number of ether oxygens (including phenoxy) is 1. The molecule has 8 heteroatoms. The van der Waals surface area contributed by atoms with Gasteiger partial charge in [-0.25, -0.2) is 0 Å². The van der Waals surface area contributed by atoms with Gasteiger partial charge in [0.2, 0.25) is 0 Å². The van der Waals surface area contributed by atoms with E-state index >= 15 is 0 Å². The van der Waals surface area contributed by atoms with Crippen LogP contribution in [0, 0.1) is 6.92 Å². The second-order valence-electron chi connectivity index (χ2n) is 5.19. The number of anilines is 1. The third kappa shape index (κ3) is 7.22. The summed E-state index contributed by atoms with van der Waals surface area (Å²) in [5.74, 6) is 0.135. The highest BCUT2D eigenvalue weighted by atomic mass is 127. The fraction of sp³-hybridized carbons (Fsp3) is 0.235. The molecule has 0 heterocycles. The molecular formula is C17H20F2IN3O2. The Morgan fingerprint density at radius 2 is 1.96 bits per heavy atom. The van der Waals surface area contributed by atoms with Crippen LogP contribution in [0.2, 0.25) is 0 Å². The molecule has 0 aliphatic heterocycles. The van der Waals surface area contributed by atoms with E-state index in [0.717, 1.165) is 11.3 Å². The van der Waals surface area contributed by atoms with Gasteiger partial charge >= 0.3 is 6.61 Å². The van der Waals surface area contributed by atoms with Crippen molar-refractivity contribution in [1.82, 2.24) is 0 Å². The van der Waals surface area contributed by atoms with E-state index in [4.69, 9.17) is 5.73 Å². The molecule has 0 spiro atoms. The van der Waals surface area contributed by atoms with Crippen LogP contribution in [0.5, 0.6) is 5.75 Å². The van der Waals surface area contributed by atoms with Crippen molar-refractivity contribution in [2.45, 2.75) is 19.6 Å². The Bertz CT molecular complexity index is 714. The molecule has 2 aromatic rings. The Balaban J connectivity index is 0.00000312. The van der Waals surface area contributed by atoms with E-state index in [1.807, 2.05) is 31.2 Å². The maximum absolute atomic E-state index is 12.2. The molecule has 5 nitrogen and oxygen atoms in total. The molecule has 25 heavy (non-hydrogen) atoms.